The first-order chi connectivity index (χ1) is 6.83. The minimum Gasteiger partial charge on any atom is -0.399 e. The van der Waals surface area contributed by atoms with Gasteiger partial charge in [-0.2, -0.15) is 4.39 Å². The van der Waals surface area contributed by atoms with Crippen molar-refractivity contribution in [2.75, 3.05) is 5.73 Å². The molecule has 4 nitrogen and oxygen atoms in total. The third-order valence-electron chi connectivity index (χ3n) is 1.44. The van der Waals surface area contributed by atoms with E-state index in [4.69, 9.17) is 11.5 Å². The Labute approximate surface area is 81.8 Å². The number of anilines is 1. The second kappa shape index (κ2) is 3.89. The van der Waals surface area contributed by atoms with Gasteiger partial charge in [0.05, 0.1) is 11.4 Å². The number of nitrogen functional groups attached to an aromatic ring is 1. The molecule has 0 bridgehead atoms. The van der Waals surface area contributed by atoms with Crippen LogP contribution >= 0.6 is 0 Å². The molecule has 0 saturated heterocycles. The highest BCUT2D eigenvalue weighted by Crippen LogP contribution is 2.30. The Hall–Kier alpha value is -1.57. The summed E-state index contributed by atoms with van der Waals surface area (Å²) in [4.78, 5) is 3.14. The molecule has 1 aromatic heterocycles. The lowest BCUT2D eigenvalue weighted by molar-refractivity contribution is -0.275. The van der Waals surface area contributed by atoms with Crippen LogP contribution in [0.3, 0.4) is 0 Å². The molecule has 0 radical (unpaired) electrons. The van der Waals surface area contributed by atoms with Gasteiger partial charge in [0.25, 0.3) is 5.95 Å². The van der Waals surface area contributed by atoms with Crippen molar-refractivity contribution in [2.45, 2.75) is 12.9 Å². The molecule has 0 unspecified atom stereocenters. The summed E-state index contributed by atoms with van der Waals surface area (Å²) in [6.07, 6.45) is -5.01. The van der Waals surface area contributed by atoms with Crippen molar-refractivity contribution in [3.8, 4) is 5.75 Å². The Kier molecular flexibility index (Phi) is 2.98. The number of nitrogens with two attached hydrogens (primary N) is 2. The van der Waals surface area contributed by atoms with E-state index < -0.39 is 23.7 Å². The van der Waals surface area contributed by atoms with Gasteiger partial charge in [0, 0.05) is 6.54 Å². The number of ether oxygens (including phenoxy) is 1. The number of hydrogen-bond acceptors (Lipinski definition) is 4. The lowest BCUT2D eigenvalue weighted by atomic mass is 10.3. The molecule has 0 aliphatic carbocycles. The van der Waals surface area contributed by atoms with E-state index in [0.717, 1.165) is 6.07 Å². The normalized spacial score (nSPS) is 11.5. The highest BCUT2D eigenvalue weighted by molar-refractivity contribution is 5.52. The molecule has 15 heavy (non-hydrogen) atoms. The van der Waals surface area contributed by atoms with E-state index in [-0.39, 0.29) is 12.2 Å². The first-order valence-electron chi connectivity index (χ1n) is 3.74. The smallest absolute Gasteiger partial charge is 0.399 e. The van der Waals surface area contributed by atoms with E-state index in [1.54, 1.807) is 0 Å². The fourth-order valence-electron chi connectivity index (χ4n) is 0.895. The molecular weight excluding hydrogens is 218 g/mol. The molecule has 1 aromatic rings. The average Bonchev–Trinajstić information content (AvgIpc) is 2.09. The monoisotopic (exact) mass is 225 g/mol. The fourth-order valence-corrected chi connectivity index (χ4v) is 0.895. The number of rotatable bonds is 2. The van der Waals surface area contributed by atoms with Crippen molar-refractivity contribution >= 4 is 5.69 Å². The van der Waals surface area contributed by atoms with Crippen molar-refractivity contribution < 1.29 is 22.3 Å². The Balaban J connectivity index is 3.09. The van der Waals surface area contributed by atoms with Crippen LogP contribution < -0.4 is 16.2 Å². The molecule has 0 saturated carbocycles. The topological polar surface area (TPSA) is 74.2 Å². The maximum Gasteiger partial charge on any atom is 0.573 e. The van der Waals surface area contributed by atoms with E-state index in [0.29, 0.717) is 0 Å². The van der Waals surface area contributed by atoms with Gasteiger partial charge in [0.1, 0.15) is 0 Å². The van der Waals surface area contributed by atoms with Crippen molar-refractivity contribution in [2.24, 2.45) is 5.73 Å². The summed E-state index contributed by atoms with van der Waals surface area (Å²) in [7, 11) is 0. The second-order valence-corrected chi connectivity index (χ2v) is 2.57. The van der Waals surface area contributed by atoms with E-state index in [1.165, 1.54) is 0 Å². The molecule has 0 atom stereocenters. The van der Waals surface area contributed by atoms with E-state index in [2.05, 4.69) is 9.72 Å². The number of pyridine rings is 1. The molecule has 1 heterocycles. The summed E-state index contributed by atoms with van der Waals surface area (Å²) < 4.78 is 51.7. The van der Waals surface area contributed by atoms with Crippen LogP contribution in [0, 0.1) is 5.95 Å². The third-order valence-corrected chi connectivity index (χ3v) is 1.44. The fraction of sp³-hybridized carbons (Fsp3) is 0.286. The van der Waals surface area contributed by atoms with E-state index in [9.17, 15) is 17.6 Å². The molecule has 0 aliphatic rings. The molecule has 0 spiro atoms. The summed E-state index contributed by atoms with van der Waals surface area (Å²) in [5.41, 5.74) is 9.80. The van der Waals surface area contributed by atoms with Gasteiger partial charge in [0.15, 0.2) is 0 Å². The maximum atomic E-state index is 13.0. The summed E-state index contributed by atoms with van der Waals surface area (Å²) in [6.45, 7) is -0.132. The van der Waals surface area contributed by atoms with Crippen LogP contribution in [0.15, 0.2) is 6.07 Å². The van der Waals surface area contributed by atoms with Crippen LogP contribution in [0.25, 0.3) is 0 Å². The number of nitrogens with zero attached hydrogens (tertiary/aromatic N) is 1. The summed E-state index contributed by atoms with van der Waals surface area (Å²) in [5, 5.41) is 0. The molecule has 1 rings (SSSR count). The van der Waals surface area contributed by atoms with E-state index in [1.807, 2.05) is 0 Å². The summed E-state index contributed by atoms with van der Waals surface area (Å²) >= 11 is 0. The van der Waals surface area contributed by atoms with Crippen molar-refractivity contribution in [3.05, 3.63) is 17.7 Å². The van der Waals surface area contributed by atoms with Gasteiger partial charge >= 0.3 is 6.36 Å². The summed E-state index contributed by atoms with van der Waals surface area (Å²) in [6, 6.07) is 1.02. The van der Waals surface area contributed by atoms with Crippen LogP contribution in [-0.4, -0.2) is 11.3 Å². The van der Waals surface area contributed by atoms with Crippen LogP contribution in [0.2, 0.25) is 0 Å². The largest absolute Gasteiger partial charge is 0.573 e. The van der Waals surface area contributed by atoms with Gasteiger partial charge in [-0.15, -0.1) is 13.2 Å². The number of halogens is 4. The van der Waals surface area contributed by atoms with Crippen molar-refractivity contribution in [3.63, 3.8) is 0 Å². The zero-order valence-corrected chi connectivity index (χ0v) is 7.31. The quantitative estimate of drug-likeness (QED) is 0.585. The zero-order chi connectivity index (χ0) is 11.6. The van der Waals surface area contributed by atoms with Crippen molar-refractivity contribution in [1.29, 1.82) is 0 Å². The number of aromatic nitrogens is 1. The molecule has 0 fully saturated rings. The Bertz CT molecular complexity index is 343. The predicted molar refractivity (Wildman–Crippen MR) is 43.2 cm³/mol. The van der Waals surface area contributed by atoms with Gasteiger partial charge < -0.3 is 16.2 Å². The van der Waals surface area contributed by atoms with Gasteiger partial charge in [-0.3, -0.25) is 0 Å². The minimum atomic E-state index is -5.01. The first kappa shape index (κ1) is 11.5. The Morgan fingerprint density at radius 1 is 1.40 bits per heavy atom. The first-order valence-corrected chi connectivity index (χ1v) is 3.74. The average molecular weight is 225 g/mol. The van der Waals surface area contributed by atoms with Crippen LogP contribution in [0.4, 0.5) is 23.2 Å². The lowest BCUT2D eigenvalue weighted by Gasteiger charge is -2.11. The number of alkyl halides is 3. The Morgan fingerprint density at radius 3 is 2.40 bits per heavy atom. The molecule has 4 N–H and O–H groups in total. The molecule has 8 heteroatoms. The minimum absolute atomic E-state index is 0.0412. The zero-order valence-electron chi connectivity index (χ0n) is 7.31. The van der Waals surface area contributed by atoms with Crippen molar-refractivity contribution in [1.82, 2.24) is 4.98 Å². The maximum absolute atomic E-state index is 13.0. The third kappa shape index (κ3) is 2.94. The highest BCUT2D eigenvalue weighted by Gasteiger charge is 2.34. The van der Waals surface area contributed by atoms with Gasteiger partial charge in [-0.1, -0.05) is 0 Å². The van der Waals surface area contributed by atoms with Crippen LogP contribution in [0.5, 0.6) is 5.75 Å². The van der Waals surface area contributed by atoms with Crippen LogP contribution in [-0.2, 0) is 6.54 Å². The predicted octanol–water partition coefficient (Wildman–Crippen LogP) is 1.16. The molecule has 0 aliphatic heterocycles. The van der Waals surface area contributed by atoms with Gasteiger partial charge in [-0.05, 0) is 6.07 Å². The second-order valence-electron chi connectivity index (χ2n) is 2.57. The standard InChI is InChI=1S/C7H7F4N3O/c8-6-5(15-7(9,10)11)4(13)1-3(2-12)14-6/h1H,2,12H2,(H2,13,14). The lowest BCUT2D eigenvalue weighted by Crippen LogP contribution is -2.20. The number of hydrogen-bond donors (Lipinski definition) is 2. The highest BCUT2D eigenvalue weighted by atomic mass is 19.4. The van der Waals surface area contributed by atoms with Crippen LogP contribution in [0.1, 0.15) is 5.69 Å². The molecule has 84 valence electrons. The molecular formula is C7H7F4N3O. The molecule has 0 aromatic carbocycles. The van der Waals surface area contributed by atoms with Gasteiger partial charge in [-0.25, -0.2) is 4.98 Å². The summed E-state index contributed by atoms with van der Waals surface area (Å²) in [5.74, 6) is -2.58. The van der Waals surface area contributed by atoms with E-state index >= 15 is 0 Å². The SMILES string of the molecule is NCc1cc(N)c(OC(F)(F)F)c(F)n1. The molecule has 0 amide bonds. The van der Waals surface area contributed by atoms with Gasteiger partial charge in [0.2, 0.25) is 5.75 Å². The Morgan fingerprint density at radius 2 is 2.00 bits per heavy atom.